The number of aromatic nitrogens is 3. The largest absolute Gasteiger partial charge is 0.369 e. The fourth-order valence-electron chi connectivity index (χ4n) is 1.39. The molecule has 0 radical (unpaired) electrons. The molecule has 0 aromatic carbocycles. The highest BCUT2D eigenvalue weighted by atomic mass is 79.9. The van der Waals surface area contributed by atoms with E-state index >= 15 is 0 Å². The Morgan fingerprint density at radius 1 is 1.25 bits per heavy atom. The number of nitrogens with zero attached hydrogens (tertiary/aromatic N) is 3. The van der Waals surface area contributed by atoms with Crippen LogP contribution in [0.25, 0.3) is 11.3 Å². The van der Waals surface area contributed by atoms with E-state index in [2.05, 4.69) is 36.2 Å². The van der Waals surface area contributed by atoms with Crippen LogP contribution in [0, 0.1) is 0 Å². The molecule has 2 heterocycles. The van der Waals surface area contributed by atoms with Crippen molar-refractivity contribution in [2.45, 2.75) is 6.92 Å². The van der Waals surface area contributed by atoms with Gasteiger partial charge in [0.2, 0.25) is 0 Å². The number of anilines is 1. The molecular formula is C11H11BrN4. The Morgan fingerprint density at radius 2 is 2.06 bits per heavy atom. The molecule has 5 heteroatoms. The molecule has 0 saturated heterocycles. The van der Waals surface area contributed by atoms with Crippen LogP contribution >= 0.6 is 15.9 Å². The second-order valence-corrected chi connectivity index (χ2v) is 4.09. The minimum absolute atomic E-state index is 0.782. The summed E-state index contributed by atoms with van der Waals surface area (Å²) in [6, 6.07) is 1.97. The lowest BCUT2D eigenvalue weighted by molar-refractivity contribution is 1.12. The first-order chi connectivity index (χ1) is 7.81. The van der Waals surface area contributed by atoms with E-state index in [0.717, 1.165) is 28.1 Å². The summed E-state index contributed by atoms with van der Waals surface area (Å²) in [7, 11) is 0. The summed E-state index contributed by atoms with van der Waals surface area (Å²) in [5, 5.41) is 3.18. The highest BCUT2D eigenvalue weighted by Crippen LogP contribution is 2.24. The van der Waals surface area contributed by atoms with Crippen molar-refractivity contribution < 1.29 is 0 Å². The average molecular weight is 279 g/mol. The van der Waals surface area contributed by atoms with Gasteiger partial charge < -0.3 is 5.32 Å². The van der Waals surface area contributed by atoms with Gasteiger partial charge in [-0.2, -0.15) is 0 Å². The molecule has 0 atom stereocenters. The van der Waals surface area contributed by atoms with E-state index in [1.165, 1.54) is 0 Å². The van der Waals surface area contributed by atoms with Crippen molar-refractivity contribution in [1.29, 1.82) is 0 Å². The zero-order valence-corrected chi connectivity index (χ0v) is 10.4. The van der Waals surface area contributed by atoms with Gasteiger partial charge in [0, 0.05) is 41.4 Å². The molecule has 0 fully saturated rings. The van der Waals surface area contributed by atoms with Crippen molar-refractivity contribution in [2.75, 3.05) is 11.9 Å². The second kappa shape index (κ2) is 5.03. The molecule has 82 valence electrons. The van der Waals surface area contributed by atoms with Crippen LogP contribution in [0.5, 0.6) is 0 Å². The van der Waals surface area contributed by atoms with Gasteiger partial charge in [-0.3, -0.25) is 9.97 Å². The Bertz CT molecular complexity index is 487. The van der Waals surface area contributed by atoms with Gasteiger partial charge in [-0.1, -0.05) is 0 Å². The quantitative estimate of drug-likeness (QED) is 0.938. The summed E-state index contributed by atoms with van der Waals surface area (Å²) >= 11 is 3.39. The third kappa shape index (κ3) is 2.36. The number of hydrogen-bond acceptors (Lipinski definition) is 4. The lowest BCUT2D eigenvalue weighted by atomic mass is 10.2. The van der Waals surface area contributed by atoms with Crippen LogP contribution in [0.1, 0.15) is 6.92 Å². The molecule has 4 nitrogen and oxygen atoms in total. The molecule has 0 aliphatic rings. The van der Waals surface area contributed by atoms with Crippen molar-refractivity contribution in [3.63, 3.8) is 0 Å². The van der Waals surface area contributed by atoms with E-state index in [0.29, 0.717) is 0 Å². The van der Waals surface area contributed by atoms with Crippen LogP contribution in [0.4, 0.5) is 5.82 Å². The Balaban J connectivity index is 2.46. The first-order valence-electron chi connectivity index (χ1n) is 4.97. The zero-order valence-electron chi connectivity index (χ0n) is 8.81. The smallest absolute Gasteiger partial charge is 0.152 e. The maximum absolute atomic E-state index is 4.32. The number of halogens is 1. The Labute approximate surface area is 102 Å². The first kappa shape index (κ1) is 11.0. The van der Waals surface area contributed by atoms with E-state index in [1.54, 1.807) is 24.8 Å². The molecule has 0 unspecified atom stereocenters. The van der Waals surface area contributed by atoms with Crippen LogP contribution in [0.15, 0.2) is 35.3 Å². The highest BCUT2D eigenvalue weighted by Gasteiger charge is 2.07. The molecule has 0 spiro atoms. The molecule has 0 bridgehead atoms. The monoisotopic (exact) mass is 278 g/mol. The van der Waals surface area contributed by atoms with E-state index in [1.807, 2.05) is 13.0 Å². The third-order valence-electron chi connectivity index (χ3n) is 2.02. The molecule has 0 saturated carbocycles. The number of nitrogens with one attached hydrogen (secondary N) is 1. The zero-order chi connectivity index (χ0) is 11.4. The molecule has 2 aromatic rings. The van der Waals surface area contributed by atoms with Crippen molar-refractivity contribution in [1.82, 2.24) is 15.0 Å². The molecule has 2 aromatic heterocycles. The summed E-state index contributed by atoms with van der Waals surface area (Å²) in [6.45, 7) is 2.84. The van der Waals surface area contributed by atoms with Crippen molar-refractivity contribution in [3.8, 4) is 11.3 Å². The van der Waals surface area contributed by atoms with Gasteiger partial charge in [-0.05, 0) is 28.9 Å². The van der Waals surface area contributed by atoms with Gasteiger partial charge in [0.25, 0.3) is 0 Å². The maximum Gasteiger partial charge on any atom is 0.152 e. The topological polar surface area (TPSA) is 50.7 Å². The van der Waals surface area contributed by atoms with Crippen molar-refractivity contribution in [3.05, 3.63) is 35.3 Å². The number of pyridine rings is 1. The number of rotatable bonds is 3. The highest BCUT2D eigenvalue weighted by molar-refractivity contribution is 9.10. The van der Waals surface area contributed by atoms with E-state index < -0.39 is 0 Å². The predicted molar refractivity (Wildman–Crippen MR) is 67.1 cm³/mol. The lowest BCUT2D eigenvalue weighted by Crippen LogP contribution is -2.02. The van der Waals surface area contributed by atoms with Crippen LogP contribution < -0.4 is 5.32 Å². The second-order valence-electron chi connectivity index (χ2n) is 3.18. The average Bonchev–Trinajstić information content (AvgIpc) is 2.30. The van der Waals surface area contributed by atoms with Crippen molar-refractivity contribution in [2.24, 2.45) is 0 Å². The van der Waals surface area contributed by atoms with Gasteiger partial charge in [0.05, 0.1) is 0 Å². The van der Waals surface area contributed by atoms with Crippen molar-refractivity contribution >= 4 is 21.7 Å². The van der Waals surface area contributed by atoms with Crippen LogP contribution in [0.2, 0.25) is 0 Å². The minimum atomic E-state index is 0.782. The summed E-state index contributed by atoms with van der Waals surface area (Å²) in [5.41, 5.74) is 1.76. The Hall–Kier alpha value is -1.49. The van der Waals surface area contributed by atoms with Gasteiger partial charge in [0.15, 0.2) is 5.82 Å². The Morgan fingerprint density at radius 3 is 2.81 bits per heavy atom. The van der Waals surface area contributed by atoms with Gasteiger partial charge in [-0.15, -0.1) is 0 Å². The predicted octanol–water partition coefficient (Wildman–Crippen LogP) is 2.73. The van der Waals surface area contributed by atoms with E-state index in [4.69, 9.17) is 0 Å². The summed E-state index contributed by atoms with van der Waals surface area (Å²) in [4.78, 5) is 12.7. The van der Waals surface area contributed by atoms with Gasteiger partial charge in [0.1, 0.15) is 5.69 Å². The molecule has 2 rings (SSSR count). The standard InChI is InChI=1S/C11H11BrN4/c1-2-14-11-10(15-3-4-16-11)8-5-9(12)7-13-6-8/h3-7H,2H2,1H3,(H,14,16). The van der Waals surface area contributed by atoms with Crippen LogP contribution in [-0.4, -0.2) is 21.5 Å². The first-order valence-corrected chi connectivity index (χ1v) is 5.76. The van der Waals surface area contributed by atoms with E-state index in [9.17, 15) is 0 Å². The van der Waals surface area contributed by atoms with Gasteiger partial charge >= 0.3 is 0 Å². The van der Waals surface area contributed by atoms with Crippen LogP contribution in [-0.2, 0) is 0 Å². The van der Waals surface area contributed by atoms with Crippen LogP contribution in [0.3, 0.4) is 0 Å². The minimum Gasteiger partial charge on any atom is -0.369 e. The molecule has 0 aliphatic carbocycles. The lowest BCUT2D eigenvalue weighted by Gasteiger charge is -2.07. The molecular weight excluding hydrogens is 268 g/mol. The Kier molecular flexibility index (Phi) is 3.46. The third-order valence-corrected chi connectivity index (χ3v) is 2.45. The molecule has 0 amide bonds. The number of hydrogen-bond donors (Lipinski definition) is 1. The van der Waals surface area contributed by atoms with Gasteiger partial charge in [-0.25, -0.2) is 4.98 Å². The summed E-state index contributed by atoms with van der Waals surface area (Å²) in [5.74, 6) is 0.782. The summed E-state index contributed by atoms with van der Waals surface area (Å²) in [6.07, 6.45) is 6.87. The maximum atomic E-state index is 4.32. The van der Waals surface area contributed by atoms with E-state index in [-0.39, 0.29) is 0 Å². The summed E-state index contributed by atoms with van der Waals surface area (Å²) < 4.78 is 0.929. The molecule has 16 heavy (non-hydrogen) atoms. The molecule has 1 N–H and O–H groups in total. The SMILES string of the molecule is CCNc1nccnc1-c1cncc(Br)c1. The fourth-order valence-corrected chi connectivity index (χ4v) is 1.75. The normalized spacial score (nSPS) is 10.1. The fraction of sp³-hybridized carbons (Fsp3) is 0.182. The molecule has 0 aliphatic heterocycles.